The number of allylic oxidation sites excluding steroid dienone is 4. The fourth-order valence-corrected chi connectivity index (χ4v) is 7.23. The first-order chi connectivity index (χ1) is 24.5. The van der Waals surface area contributed by atoms with Crippen LogP contribution in [0.1, 0.15) is 214 Å². The van der Waals surface area contributed by atoms with Gasteiger partial charge < -0.3 is 13.9 Å². The van der Waals surface area contributed by atoms with Gasteiger partial charge >= 0.3 is 11.9 Å². The molecule has 0 heterocycles. The molecule has 5 nitrogen and oxygen atoms in total. The zero-order chi connectivity index (χ0) is 37.9. The molecule has 0 spiro atoms. The third-order valence-electron chi connectivity index (χ3n) is 10.4. The molecule has 0 bridgehead atoms. The largest absolute Gasteiger partial charge is 0.463 e. The second-order valence-electron chi connectivity index (χ2n) is 16.5. The second-order valence-corrected chi connectivity index (χ2v) is 21.3. The van der Waals surface area contributed by atoms with Crippen molar-refractivity contribution in [2.45, 2.75) is 239 Å². The van der Waals surface area contributed by atoms with Gasteiger partial charge in [0.2, 0.25) is 0 Å². The minimum Gasteiger partial charge on any atom is -0.463 e. The van der Waals surface area contributed by atoms with Gasteiger partial charge in [0.1, 0.15) is 19.3 Å². The lowest BCUT2D eigenvalue weighted by Gasteiger charge is -2.38. The maximum Gasteiger partial charge on any atom is 0.305 e. The Morgan fingerprint density at radius 3 is 1.10 bits per heavy atom. The van der Waals surface area contributed by atoms with Crippen molar-refractivity contribution in [3.63, 3.8) is 0 Å². The Morgan fingerprint density at radius 1 is 0.490 bits per heavy atom. The lowest BCUT2D eigenvalue weighted by Crippen LogP contribution is -2.46. The Hall–Kier alpha value is -1.40. The molecule has 0 aromatic heterocycles. The minimum atomic E-state index is -2.13. The Kier molecular flexibility index (Phi) is 33.4. The summed E-state index contributed by atoms with van der Waals surface area (Å²) in [5.41, 5.74) is 0. The zero-order valence-corrected chi connectivity index (χ0v) is 36.1. The first-order valence-corrected chi connectivity index (χ1v) is 24.7. The molecule has 0 aliphatic heterocycles. The summed E-state index contributed by atoms with van der Waals surface area (Å²) < 4.78 is 17.9. The molecule has 300 valence electrons. The average molecular weight is 735 g/mol. The summed E-state index contributed by atoms with van der Waals surface area (Å²) in [6.45, 7) is 15.7. The molecule has 0 amide bonds. The molecule has 0 N–H and O–H groups in total. The van der Waals surface area contributed by atoms with Crippen LogP contribution in [0, 0.1) is 0 Å². The highest BCUT2D eigenvalue weighted by Gasteiger charge is 2.39. The van der Waals surface area contributed by atoms with E-state index < -0.39 is 14.4 Å². The van der Waals surface area contributed by atoms with Crippen LogP contribution >= 0.6 is 0 Å². The summed E-state index contributed by atoms with van der Waals surface area (Å²) in [5, 5.41) is 0.00657. The van der Waals surface area contributed by atoms with Crippen molar-refractivity contribution >= 4 is 20.3 Å². The fraction of sp³-hybridized carbons (Fsp3) is 0.867. The van der Waals surface area contributed by atoms with Gasteiger partial charge in [-0.2, -0.15) is 0 Å². The van der Waals surface area contributed by atoms with E-state index in [1.54, 1.807) is 0 Å². The van der Waals surface area contributed by atoms with Gasteiger partial charge in [-0.3, -0.25) is 9.59 Å². The summed E-state index contributed by atoms with van der Waals surface area (Å²) in [5.74, 6) is -0.368. The number of esters is 2. The Bertz CT molecular complexity index is 803. The summed E-state index contributed by atoms with van der Waals surface area (Å²) in [6, 6.07) is 0. The molecule has 51 heavy (non-hydrogen) atoms. The molecule has 0 aromatic rings. The number of ether oxygens (including phenoxy) is 2. The summed E-state index contributed by atoms with van der Waals surface area (Å²) >= 11 is 0. The minimum absolute atomic E-state index is 0.00657. The van der Waals surface area contributed by atoms with E-state index in [1.807, 2.05) is 0 Å². The van der Waals surface area contributed by atoms with Crippen LogP contribution in [0.3, 0.4) is 0 Å². The van der Waals surface area contributed by atoms with Crippen molar-refractivity contribution < 1.29 is 23.5 Å². The van der Waals surface area contributed by atoms with Crippen molar-refractivity contribution in [1.29, 1.82) is 0 Å². The summed E-state index contributed by atoms with van der Waals surface area (Å²) in [4.78, 5) is 25.1. The van der Waals surface area contributed by atoms with Crippen molar-refractivity contribution in [3.05, 3.63) is 24.3 Å². The molecule has 0 rings (SSSR count). The standard InChI is InChI=1S/C45H86O5Si/c1-8-10-12-14-16-18-20-22-24-26-28-30-32-34-36-38-43(46)48-40-42(50-51(6,7)45(3,4)5)41-49-44(47)39-37-35-33-31-29-27-25-23-21-19-17-15-13-11-9-2/h22-25,42H,8-21,26-41H2,1-7H3/b24-22-,25-23-. The molecule has 0 unspecified atom stereocenters. The molecule has 0 aliphatic rings. The predicted octanol–water partition coefficient (Wildman–Crippen LogP) is 14.5. The quantitative estimate of drug-likeness (QED) is 0.0278. The number of carbonyl (C=O) groups excluding carboxylic acids is 2. The number of unbranched alkanes of at least 4 members (excludes halogenated alkanes) is 22. The highest BCUT2D eigenvalue weighted by molar-refractivity contribution is 6.74. The maximum absolute atomic E-state index is 12.6. The molecule has 0 aliphatic carbocycles. The normalized spacial score (nSPS) is 12.5. The Labute approximate surface area is 319 Å². The van der Waals surface area contributed by atoms with Crippen LogP contribution in [0.4, 0.5) is 0 Å². The topological polar surface area (TPSA) is 61.8 Å². The molecule has 0 atom stereocenters. The van der Waals surface area contributed by atoms with Crippen molar-refractivity contribution in [2.75, 3.05) is 13.2 Å². The predicted molar refractivity (Wildman–Crippen MR) is 223 cm³/mol. The van der Waals surface area contributed by atoms with Gasteiger partial charge in [-0.1, -0.05) is 162 Å². The summed E-state index contributed by atoms with van der Waals surface area (Å²) in [7, 11) is -2.13. The van der Waals surface area contributed by atoms with Gasteiger partial charge in [0.05, 0.1) is 0 Å². The number of hydrogen-bond donors (Lipinski definition) is 0. The molecule has 0 radical (unpaired) electrons. The molecule has 6 heteroatoms. The van der Waals surface area contributed by atoms with Gasteiger partial charge in [0.15, 0.2) is 8.32 Å². The fourth-order valence-electron chi connectivity index (χ4n) is 5.91. The van der Waals surface area contributed by atoms with E-state index in [9.17, 15) is 9.59 Å². The third-order valence-corrected chi connectivity index (χ3v) is 14.9. The molecule has 0 saturated carbocycles. The van der Waals surface area contributed by atoms with E-state index in [0.717, 1.165) is 51.4 Å². The van der Waals surface area contributed by atoms with E-state index in [2.05, 4.69) is 72.0 Å². The van der Waals surface area contributed by atoms with Gasteiger partial charge in [-0.15, -0.1) is 0 Å². The van der Waals surface area contributed by atoms with E-state index in [1.165, 1.54) is 116 Å². The van der Waals surface area contributed by atoms with E-state index >= 15 is 0 Å². The van der Waals surface area contributed by atoms with E-state index in [0.29, 0.717) is 12.8 Å². The zero-order valence-electron chi connectivity index (χ0n) is 35.1. The monoisotopic (exact) mass is 735 g/mol. The van der Waals surface area contributed by atoms with Crippen LogP contribution in [0.25, 0.3) is 0 Å². The van der Waals surface area contributed by atoms with Crippen LogP contribution in [-0.4, -0.2) is 39.6 Å². The van der Waals surface area contributed by atoms with E-state index in [4.69, 9.17) is 13.9 Å². The SMILES string of the molecule is CCCCCCCC/C=C\CCCCCCCC(=O)OCC(COC(=O)CCCCCCC/C=C\CCCCCCCC)O[Si](C)(C)C(C)(C)C. The number of hydrogen-bond acceptors (Lipinski definition) is 5. The lowest BCUT2D eigenvalue weighted by molar-refractivity contribution is -0.151. The first-order valence-electron chi connectivity index (χ1n) is 21.8. The molecular formula is C45H86O5Si. The molecular weight excluding hydrogens is 649 g/mol. The smallest absolute Gasteiger partial charge is 0.305 e. The van der Waals surface area contributed by atoms with Crippen LogP contribution in [-0.2, 0) is 23.5 Å². The van der Waals surface area contributed by atoms with Gasteiger partial charge in [0, 0.05) is 12.8 Å². The van der Waals surface area contributed by atoms with Crippen LogP contribution < -0.4 is 0 Å². The summed E-state index contributed by atoms with van der Waals surface area (Å²) in [6.07, 6.45) is 41.9. The first kappa shape index (κ1) is 49.6. The maximum atomic E-state index is 12.6. The van der Waals surface area contributed by atoms with E-state index in [-0.39, 0.29) is 30.2 Å². The molecule has 0 saturated heterocycles. The lowest BCUT2D eigenvalue weighted by atomic mass is 10.1. The average Bonchev–Trinajstić information content (AvgIpc) is 3.08. The molecule has 0 aromatic carbocycles. The Morgan fingerprint density at radius 2 is 0.784 bits per heavy atom. The Balaban J connectivity index is 4.16. The van der Waals surface area contributed by atoms with Crippen LogP contribution in [0.15, 0.2) is 24.3 Å². The highest BCUT2D eigenvalue weighted by Crippen LogP contribution is 2.37. The van der Waals surface area contributed by atoms with Gasteiger partial charge in [0.25, 0.3) is 0 Å². The van der Waals surface area contributed by atoms with Gasteiger partial charge in [-0.25, -0.2) is 0 Å². The van der Waals surface area contributed by atoms with Crippen molar-refractivity contribution in [1.82, 2.24) is 0 Å². The third kappa shape index (κ3) is 32.9. The number of rotatable bonds is 36. The van der Waals surface area contributed by atoms with Crippen molar-refractivity contribution in [2.24, 2.45) is 0 Å². The highest BCUT2D eigenvalue weighted by atomic mass is 28.4. The van der Waals surface area contributed by atoms with Crippen LogP contribution in [0.2, 0.25) is 18.1 Å². The van der Waals surface area contributed by atoms with Crippen molar-refractivity contribution in [3.8, 4) is 0 Å². The number of carbonyl (C=O) groups is 2. The molecule has 0 fully saturated rings. The van der Waals surface area contributed by atoms with Crippen LogP contribution in [0.5, 0.6) is 0 Å². The second kappa shape index (κ2) is 34.4. The van der Waals surface area contributed by atoms with Gasteiger partial charge in [-0.05, 0) is 82.3 Å².